The maximum atomic E-state index is 10.2. The van der Waals surface area contributed by atoms with Gasteiger partial charge in [-0.25, -0.2) is 0 Å². The molecule has 2 heterocycles. The standard InChI is InChI=1S/C13H18N2OS/c1-3-11-5-6-17-13(11)12(16)7-10-8-14-15(4-2)9-10/h5-6,8-9,12,16H,3-4,7H2,1-2H3. The van der Waals surface area contributed by atoms with E-state index in [1.54, 1.807) is 11.3 Å². The normalized spacial score (nSPS) is 12.9. The van der Waals surface area contributed by atoms with Crippen LogP contribution in [0.25, 0.3) is 0 Å². The van der Waals surface area contributed by atoms with Gasteiger partial charge in [-0.15, -0.1) is 11.3 Å². The second-order valence-corrected chi connectivity index (χ2v) is 5.04. The second-order valence-electron chi connectivity index (χ2n) is 4.09. The summed E-state index contributed by atoms with van der Waals surface area (Å²) in [7, 11) is 0. The predicted molar refractivity (Wildman–Crippen MR) is 70.3 cm³/mol. The first-order valence-electron chi connectivity index (χ1n) is 6.00. The Labute approximate surface area is 106 Å². The van der Waals surface area contributed by atoms with E-state index < -0.39 is 6.10 Å². The molecule has 1 unspecified atom stereocenters. The summed E-state index contributed by atoms with van der Waals surface area (Å²) in [5.41, 5.74) is 2.35. The van der Waals surface area contributed by atoms with Crippen molar-refractivity contribution in [2.45, 2.75) is 39.3 Å². The van der Waals surface area contributed by atoms with Crippen molar-refractivity contribution in [1.29, 1.82) is 0 Å². The van der Waals surface area contributed by atoms with E-state index in [9.17, 15) is 5.11 Å². The highest BCUT2D eigenvalue weighted by Gasteiger charge is 2.14. The Balaban J connectivity index is 2.08. The minimum absolute atomic E-state index is 0.403. The Morgan fingerprint density at radius 1 is 1.47 bits per heavy atom. The maximum Gasteiger partial charge on any atom is 0.0926 e. The highest BCUT2D eigenvalue weighted by atomic mass is 32.1. The third-order valence-corrected chi connectivity index (χ3v) is 3.96. The molecule has 2 rings (SSSR count). The van der Waals surface area contributed by atoms with Crippen molar-refractivity contribution in [3.8, 4) is 0 Å². The first kappa shape index (κ1) is 12.3. The predicted octanol–water partition coefficient (Wildman–Crippen LogP) is 2.80. The summed E-state index contributed by atoms with van der Waals surface area (Å²) < 4.78 is 1.89. The van der Waals surface area contributed by atoms with Gasteiger partial charge in [0.15, 0.2) is 0 Å². The monoisotopic (exact) mass is 250 g/mol. The topological polar surface area (TPSA) is 38.1 Å². The van der Waals surface area contributed by atoms with E-state index in [0.717, 1.165) is 23.4 Å². The minimum Gasteiger partial charge on any atom is -0.387 e. The van der Waals surface area contributed by atoms with Gasteiger partial charge < -0.3 is 5.11 Å². The van der Waals surface area contributed by atoms with Crippen LogP contribution in [0.4, 0.5) is 0 Å². The summed E-state index contributed by atoms with van der Waals surface area (Å²) in [5.74, 6) is 0. The molecule has 0 radical (unpaired) electrons. The largest absolute Gasteiger partial charge is 0.387 e. The van der Waals surface area contributed by atoms with Crippen LogP contribution in [0, 0.1) is 0 Å². The lowest BCUT2D eigenvalue weighted by molar-refractivity contribution is 0.181. The second kappa shape index (κ2) is 5.47. The fraction of sp³-hybridized carbons (Fsp3) is 0.462. The Morgan fingerprint density at radius 3 is 2.94 bits per heavy atom. The summed E-state index contributed by atoms with van der Waals surface area (Å²) in [6.45, 7) is 5.05. The van der Waals surface area contributed by atoms with E-state index in [2.05, 4.69) is 25.0 Å². The molecule has 17 heavy (non-hydrogen) atoms. The van der Waals surface area contributed by atoms with Crippen molar-refractivity contribution in [3.05, 3.63) is 39.8 Å². The molecule has 0 aliphatic carbocycles. The van der Waals surface area contributed by atoms with Crippen molar-refractivity contribution < 1.29 is 5.11 Å². The van der Waals surface area contributed by atoms with Gasteiger partial charge >= 0.3 is 0 Å². The van der Waals surface area contributed by atoms with Crippen molar-refractivity contribution in [2.24, 2.45) is 0 Å². The number of hydrogen-bond donors (Lipinski definition) is 1. The Kier molecular flexibility index (Phi) is 3.97. The van der Waals surface area contributed by atoms with E-state index in [4.69, 9.17) is 0 Å². The molecule has 0 saturated heterocycles. The minimum atomic E-state index is -0.403. The van der Waals surface area contributed by atoms with Gasteiger partial charge in [0.1, 0.15) is 0 Å². The number of aromatic nitrogens is 2. The van der Waals surface area contributed by atoms with Crippen molar-refractivity contribution >= 4 is 11.3 Å². The van der Waals surface area contributed by atoms with Gasteiger partial charge in [0.25, 0.3) is 0 Å². The number of aliphatic hydroxyl groups excluding tert-OH is 1. The molecule has 0 aromatic carbocycles. The number of hydrogen-bond acceptors (Lipinski definition) is 3. The zero-order valence-electron chi connectivity index (χ0n) is 10.3. The quantitative estimate of drug-likeness (QED) is 0.886. The first-order valence-corrected chi connectivity index (χ1v) is 6.88. The van der Waals surface area contributed by atoms with E-state index in [-0.39, 0.29) is 0 Å². The molecule has 1 atom stereocenters. The van der Waals surface area contributed by atoms with E-state index in [1.807, 2.05) is 22.5 Å². The fourth-order valence-electron chi connectivity index (χ4n) is 1.93. The van der Waals surface area contributed by atoms with Gasteiger partial charge in [0.2, 0.25) is 0 Å². The molecular formula is C13H18N2OS. The van der Waals surface area contributed by atoms with Crippen LogP contribution in [0.15, 0.2) is 23.8 Å². The lowest BCUT2D eigenvalue weighted by Crippen LogP contribution is -2.01. The highest BCUT2D eigenvalue weighted by molar-refractivity contribution is 7.10. The molecule has 1 N–H and O–H groups in total. The average molecular weight is 250 g/mol. The maximum absolute atomic E-state index is 10.2. The van der Waals surface area contributed by atoms with Gasteiger partial charge in [0, 0.05) is 24.0 Å². The molecule has 3 nitrogen and oxygen atoms in total. The zero-order valence-corrected chi connectivity index (χ0v) is 11.1. The zero-order chi connectivity index (χ0) is 12.3. The summed E-state index contributed by atoms with van der Waals surface area (Å²) in [4.78, 5) is 1.09. The molecule has 0 aliphatic rings. The first-order chi connectivity index (χ1) is 8.24. The molecule has 0 bridgehead atoms. The number of thiophene rings is 1. The highest BCUT2D eigenvalue weighted by Crippen LogP contribution is 2.27. The number of aliphatic hydroxyl groups is 1. The summed E-state index contributed by atoms with van der Waals surface area (Å²) in [5, 5.41) is 16.5. The third kappa shape index (κ3) is 2.76. The van der Waals surface area contributed by atoms with Gasteiger partial charge in [-0.1, -0.05) is 6.92 Å². The summed E-state index contributed by atoms with van der Waals surface area (Å²) >= 11 is 1.64. The molecule has 2 aromatic heterocycles. The van der Waals surface area contributed by atoms with Crippen LogP contribution in [0.1, 0.15) is 36.0 Å². The summed E-state index contributed by atoms with van der Waals surface area (Å²) in [6, 6.07) is 2.10. The van der Waals surface area contributed by atoms with Crippen LogP contribution < -0.4 is 0 Å². The Bertz CT molecular complexity index is 475. The van der Waals surface area contributed by atoms with Crippen LogP contribution in [-0.4, -0.2) is 14.9 Å². The van der Waals surface area contributed by atoms with Gasteiger partial charge in [-0.3, -0.25) is 4.68 Å². The molecule has 0 amide bonds. The third-order valence-electron chi connectivity index (χ3n) is 2.90. The van der Waals surface area contributed by atoms with E-state index in [1.165, 1.54) is 5.56 Å². The molecule has 0 saturated carbocycles. The lowest BCUT2D eigenvalue weighted by Gasteiger charge is -2.09. The Morgan fingerprint density at radius 2 is 2.29 bits per heavy atom. The van der Waals surface area contributed by atoms with E-state index >= 15 is 0 Å². The van der Waals surface area contributed by atoms with Crippen LogP contribution in [-0.2, 0) is 19.4 Å². The van der Waals surface area contributed by atoms with Crippen LogP contribution >= 0.6 is 11.3 Å². The summed E-state index contributed by atoms with van der Waals surface area (Å²) in [6.07, 6.45) is 5.06. The van der Waals surface area contributed by atoms with Gasteiger partial charge in [-0.05, 0) is 35.9 Å². The number of aryl methyl sites for hydroxylation is 2. The molecular weight excluding hydrogens is 232 g/mol. The van der Waals surface area contributed by atoms with E-state index in [0.29, 0.717) is 6.42 Å². The molecule has 2 aromatic rings. The number of nitrogens with zero attached hydrogens (tertiary/aromatic N) is 2. The van der Waals surface area contributed by atoms with Crippen LogP contribution in [0.5, 0.6) is 0 Å². The number of rotatable bonds is 5. The van der Waals surface area contributed by atoms with Gasteiger partial charge in [-0.2, -0.15) is 5.10 Å². The average Bonchev–Trinajstić information content (AvgIpc) is 2.96. The Hall–Kier alpha value is -1.13. The van der Waals surface area contributed by atoms with Crippen molar-refractivity contribution in [1.82, 2.24) is 9.78 Å². The molecule has 4 heteroatoms. The fourth-order valence-corrected chi connectivity index (χ4v) is 2.92. The van der Waals surface area contributed by atoms with Crippen molar-refractivity contribution in [2.75, 3.05) is 0 Å². The lowest BCUT2D eigenvalue weighted by atomic mass is 10.1. The molecule has 0 fully saturated rings. The molecule has 0 spiro atoms. The SMILES string of the molecule is CCc1ccsc1C(O)Cc1cnn(CC)c1. The smallest absolute Gasteiger partial charge is 0.0926 e. The van der Waals surface area contributed by atoms with Crippen LogP contribution in [0.2, 0.25) is 0 Å². The molecule has 92 valence electrons. The van der Waals surface area contributed by atoms with Crippen molar-refractivity contribution in [3.63, 3.8) is 0 Å². The van der Waals surface area contributed by atoms with Gasteiger partial charge in [0.05, 0.1) is 12.3 Å². The van der Waals surface area contributed by atoms with Crippen LogP contribution in [0.3, 0.4) is 0 Å². The molecule has 0 aliphatic heterocycles.